The molecule has 0 bridgehead atoms. The zero-order chi connectivity index (χ0) is 11.4. The van der Waals surface area contributed by atoms with Gasteiger partial charge in [0.05, 0.1) is 5.04 Å². The molecule has 0 aromatic carbocycles. The molecule has 0 saturated heterocycles. The Morgan fingerprint density at radius 2 is 1.73 bits per heavy atom. The lowest BCUT2D eigenvalue weighted by atomic mass is 9.97. The van der Waals surface area contributed by atoms with Crippen molar-refractivity contribution in [2.45, 2.75) is 24.8 Å². The Kier molecular flexibility index (Phi) is 4.28. The monoisotopic (exact) mass is 228 g/mol. The molecule has 0 amide bonds. The van der Waals surface area contributed by atoms with Crippen LogP contribution in [-0.2, 0) is 13.3 Å². The minimum absolute atomic E-state index is 0.111. The number of hydrogen-bond acceptors (Lipinski definition) is 3. The second-order valence-corrected chi connectivity index (χ2v) is 7.00. The number of allylic oxidation sites excluding steroid dienone is 4. The Morgan fingerprint density at radius 3 is 2.07 bits per heavy atom. The molecule has 0 aromatic heterocycles. The summed E-state index contributed by atoms with van der Waals surface area (Å²) >= 11 is 0. The Labute approximate surface area is 93.1 Å². The summed E-state index contributed by atoms with van der Waals surface area (Å²) in [6.07, 6.45) is 10.3. The lowest BCUT2D eigenvalue weighted by molar-refractivity contribution is 0.0968. The van der Waals surface area contributed by atoms with Crippen molar-refractivity contribution < 1.29 is 13.3 Å². The summed E-state index contributed by atoms with van der Waals surface area (Å²) in [5, 5.41) is -0.111. The maximum absolute atomic E-state index is 5.58. The summed E-state index contributed by atoms with van der Waals surface area (Å²) in [6, 6.07) is 0. The smallest absolute Gasteiger partial charge is 0.376 e. The van der Waals surface area contributed by atoms with Crippen LogP contribution in [0.3, 0.4) is 0 Å². The average molecular weight is 228 g/mol. The first-order chi connectivity index (χ1) is 7.20. The predicted molar refractivity (Wildman–Crippen MR) is 62.7 cm³/mol. The largest absolute Gasteiger partial charge is 0.510 e. The summed E-state index contributed by atoms with van der Waals surface area (Å²) in [7, 11) is 2.40. The first kappa shape index (κ1) is 12.6. The molecule has 0 saturated carbocycles. The van der Waals surface area contributed by atoms with Crippen LogP contribution in [0.2, 0.25) is 5.04 Å². The fourth-order valence-electron chi connectivity index (χ4n) is 2.23. The van der Waals surface area contributed by atoms with E-state index in [9.17, 15) is 0 Å². The van der Waals surface area contributed by atoms with Gasteiger partial charge in [0.15, 0.2) is 0 Å². The molecule has 4 heteroatoms. The van der Waals surface area contributed by atoms with E-state index in [4.69, 9.17) is 13.3 Å². The van der Waals surface area contributed by atoms with Crippen molar-refractivity contribution in [3.63, 3.8) is 0 Å². The second kappa shape index (κ2) is 5.07. The lowest BCUT2D eigenvalue weighted by Crippen LogP contribution is -2.53. The van der Waals surface area contributed by atoms with Gasteiger partial charge in [0.25, 0.3) is 0 Å². The molecule has 0 radical (unpaired) electrons. The Morgan fingerprint density at radius 1 is 1.13 bits per heavy atom. The van der Waals surface area contributed by atoms with E-state index in [1.54, 1.807) is 21.3 Å². The molecule has 1 aliphatic carbocycles. The zero-order valence-electron chi connectivity index (χ0n) is 9.95. The number of hydrogen-bond donors (Lipinski definition) is 0. The minimum Gasteiger partial charge on any atom is -0.376 e. The molecule has 3 nitrogen and oxygen atoms in total. The normalized spacial score (nSPS) is 25.9. The van der Waals surface area contributed by atoms with Gasteiger partial charge < -0.3 is 13.3 Å². The van der Waals surface area contributed by atoms with Gasteiger partial charge in [0.2, 0.25) is 0 Å². The van der Waals surface area contributed by atoms with Crippen LogP contribution < -0.4 is 0 Å². The minimum atomic E-state index is -2.60. The maximum Gasteiger partial charge on any atom is 0.510 e. The van der Waals surface area contributed by atoms with Gasteiger partial charge in [-0.3, -0.25) is 0 Å². The molecular weight excluding hydrogens is 208 g/mol. The van der Waals surface area contributed by atoms with Crippen molar-refractivity contribution in [1.82, 2.24) is 0 Å². The maximum atomic E-state index is 5.58. The molecule has 1 unspecified atom stereocenters. The number of rotatable bonds is 5. The van der Waals surface area contributed by atoms with Crippen LogP contribution >= 0.6 is 0 Å². The molecule has 0 heterocycles. The van der Waals surface area contributed by atoms with E-state index >= 15 is 0 Å². The summed E-state index contributed by atoms with van der Waals surface area (Å²) in [6.45, 7) is 2.14. The van der Waals surface area contributed by atoms with Crippen molar-refractivity contribution in [3.8, 4) is 0 Å². The quantitative estimate of drug-likeness (QED) is 0.677. The molecule has 15 heavy (non-hydrogen) atoms. The van der Waals surface area contributed by atoms with Crippen molar-refractivity contribution >= 4 is 8.80 Å². The summed E-state index contributed by atoms with van der Waals surface area (Å²) in [5.41, 5.74) is 0. The van der Waals surface area contributed by atoms with Crippen LogP contribution in [0.25, 0.3) is 0 Å². The van der Waals surface area contributed by atoms with E-state index in [0.29, 0.717) is 0 Å². The van der Waals surface area contributed by atoms with Gasteiger partial charge >= 0.3 is 8.80 Å². The average Bonchev–Trinajstić information content (AvgIpc) is 2.33. The molecule has 0 fully saturated rings. The van der Waals surface area contributed by atoms with Gasteiger partial charge in [-0.1, -0.05) is 31.2 Å². The third kappa shape index (κ3) is 1.95. The van der Waals surface area contributed by atoms with Gasteiger partial charge in [-0.15, -0.1) is 0 Å². The van der Waals surface area contributed by atoms with Crippen LogP contribution in [-0.4, -0.2) is 30.1 Å². The predicted octanol–water partition coefficient (Wildman–Crippen LogP) is 2.53. The van der Waals surface area contributed by atoms with Crippen LogP contribution in [0.15, 0.2) is 24.3 Å². The Bertz CT molecular complexity index is 250. The molecule has 1 atom stereocenters. The highest BCUT2D eigenvalue weighted by atomic mass is 28.4. The molecule has 0 aromatic rings. The van der Waals surface area contributed by atoms with Crippen molar-refractivity contribution in [2.75, 3.05) is 21.3 Å². The third-order valence-electron chi connectivity index (χ3n) is 3.19. The first-order valence-electron chi connectivity index (χ1n) is 5.20. The SMILES string of the molecule is CCC1([Si](OC)(OC)OC)C=CC=CC1. The molecule has 0 spiro atoms. The molecule has 0 aliphatic heterocycles. The van der Waals surface area contributed by atoms with Gasteiger partial charge in [0.1, 0.15) is 0 Å². The molecular formula is C11H20O3Si. The molecule has 86 valence electrons. The highest BCUT2D eigenvalue weighted by Crippen LogP contribution is 2.48. The van der Waals surface area contributed by atoms with Crippen LogP contribution in [0.5, 0.6) is 0 Å². The van der Waals surface area contributed by atoms with Crippen molar-refractivity contribution in [1.29, 1.82) is 0 Å². The highest BCUT2D eigenvalue weighted by molar-refractivity contribution is 6.65. The van der Waals surface area contributed by atoms with Crippen LogP contribution in [0.4, 0.5) is 0 Å². The fraction of sp³-hybridized carbons (Fsp3) is 0.636. The topological polar surface area (TPSA) is 27.7 Å². The van der Waals surface area contributed by atoms with Gasteiger partial charge in [-0.2, -0.15) is 0 Å². The zero-order valence-corrected chi connectivity index (χ0v) is 10.9. The van der Waals surface area contributed by atoms with Gasteiger partial charge in [-0.25, -0.2) is 0 Å². The van der Waals surface area contributed by atoms with E-state index < -0.39 is 8.80 Å². The highest BCUT2D eigenvalue weighted by Gasteiger charge is 2.56. The third-order valence-corrected chi connectivity index (χ3v) is 6.75. The van der Waals surface area contributed by atoms with E-state index in [1.165, 1.54) is 0 Å². The molecule has 1 aliphatic rings. The van der Waals surface area contributed by atoms with Gasteiger partial charge in [0, 0.05) is 21.3 Å². The Hall–Kier alpha value is -0.423. The molecule has 0 N–H and O–H groups in total. The van der Waals surface area contributed by atoms with E-state index in [2.05, 4.69) is 19.1 Å². The van der Waals surface area contributed by atoms with E-state index in [0.717, 1.165) is 12.8 Å². The van der Waals surface area contributed by atoms with E-state index in [1.807, 2.05) is 12.2 Å². The van der Waals surface area contributed by atoms with E-state index in [-0.39, 0.29) is 5.04 Å². The summed E-state index contributed by atoms with van der Waals surface area (Å²) < 4.78 is 16.7. The molecule has 1 rings (SSSR count). The standard InChI is InChI=1S/C11H20O3Si/c1-5-11(9-7-6-8-10-11)15(12-2,13-3)14-4/h6-9H,5,10H2,1-4H3. The van der Waals surface area contributed by atoms with Crippen LogP contribution in [0, 0.1) is 0 Å². The summed E-state index contributed by atoms with van der Waals surface area (Å²) in [5.74, 6) is 0. The summed E-state index contributed by atoms with van der Waals surface area (Å²) in [4.78, 5) is 0. The van der Waals surface area contributed by atoms with Gasteiger partial charge in [-0.05, 0) is 12.8 Å². The Balaban J connectivity index is 3.07. The second-order valence-electron chi connectivity index (χ2n) is 3.67. The fourth-order valence-corrected chi connectivity index (χ4v) is 5.05. The lowest BCUT2D eigenvalue weighted by Gasteiger charge is -2.41. The van der Waals surface area contributed by atoms with Crippen molar-refractivity contribution in [3.05, 3.63) is 24.3 Å². The first-order valence-corrected chi connectivity index (χ1v) is 6.92. The van der Waals surface area contributed by atoms with Crippen LogP contribution in [0.1, 0.15) is 19.8 Å². The van der Waals surface area contributed by atoms with Crippen molar-refractivity contribution in [2.24, 2.45) is 0 Å².